The molecule has 1 N–H and O–H groups in total. The van der Waals surface area contributed by atoms with Gasteiger partial charge in [0.25, 0.3) is 0 Å². The van der Waals surface area contributed by atoms with Crippen molar-refractivity contribution in [1.82, 2.24) is 10.3 Å². The summed E-state index contributed by atoms with van der Waals surface area (Å²) in [6.45, 7) is 3.09. The molecule has 1 aromatic heterocycles. The third-order valence-electron chi connectivity index (χ3n) is 4.84. The lowest BCUT2D eigenvalue weighted by Gasteiger charge is -2.29. The molecule has 3 rings (SSSR count). The molecule has 1 aliphatic carbocycles. The molecular formula is C16H24N2O2S. The zero-order valence-corrected chi connectivity index (χ0v) is 13.4. The summed E-state index contributed by atoms with van der Waals surface area (Å²) in [7, 11) is -2.83. The van der Waals surface area contributed by atoms with Crippen LogP contribution < -0.4 is 5.32 Å². The number of pyridine rings is 1. The molecule has 2 aliphatic rings. The first-order valence-electron chi connectivity index (χ1n) is 7.98. The predicted octanol–water partition coefficient (Wildman–Crippen LogP) is 1.91. The summed E-state index contributed by atoms with van der Waals surface area (Å²) in [5, 5.41) is 3.63. The van der Waals surface area contributed by atoms with Crippen LogP contribution in [0.3, 0.4) is 0 Å². The maximum Gasteiger partial charge on any atom is 0.150 e. The highest BCUT2D eigenvalue weighted by atomic mass is 32.2. The number of nitrogens with one attached hydrogen (secondary N) is 1. The van der Waals surface area contributed by atoms with E-state index in [4.69, 9.17) is 0 Å². The van der Waals surface area contributed by atoms with Crippen LogP contribution in [0, 0.1) is 5.92 Å². The van der Waals surface area contributed by atoms with Crippen LogP contribution in [-0.4, -0.2) is 37.5 Å². The Morgan fingerprint density at radius 2 is 2.29 bits per heavy atom. The lowest BCUT2D eigenvalue weighted by atomic mass is 9.86. The monoisotopic (exact) mass is 308 g/mol. The number of nitrogens with zero attached hydrogens (tertiary/aromatic N) is 1. The largest absolute Gasteiger partial charge is 0.313 e. The van der Waals surface area contributed by atoms with Crippen LogP contribution in [0.5, 0.6) is 0 Å². The van der Waals surface area contributed by atoms with Crippen molar-refractivity contribution in [2.24, 2.45) is 5.92 Å². The van der Waals surface area contributed by atoms with Crippen molar-refractivity contribution in [1.29, 1.82) is 0 Å². The SMILES string of the molecule is CCCNC(C1CCS(=O)(=O)C1)C1CCc2cccnc21. The number of aryl methyl sites for hydroxylation is 1. The van der Waals surface area contributed by atoms with Gasteiger partial charge in [-0.1, -0.05) is 13.0 Å². The second-order valence-corrected chi connectivity index (χ2v) is 8.56. The van der Waals surface area contributed by atoms with Crippen LogP contribution in [-0.2, 0) is 16.3 Å². The molecular weight excluding hydrogens is 284 g/mol. The number of fused-ring (bicyclic) bond motifs is 1. The second kappa shape index (κ2) is 6.05. The van der Waals surface area contributed by atoms with Crippen LogP contribution in [0.2, 0.25) is 0 Å². The molecule has 0 spiro atoms. The van der Waals surface area contributed by atoms with Crippen LogP contribution in [0.25, 0.3) is 0 Å². The van der Waals surface area contributed by atoms with Crippen molar-refractivity contribution < 1.29 is 8.42 Å². The quantitative estimate of drug-likeness (QED) is 0.903. The van der Waals surface area contributed by atoms with E-state index in [2.05, 4.69) is 23.3 Å². The van der Waals surface area contributed by atoms with Gasteiger partial charge in [-0.25, -0.2) is 8.42 Å². The fourth-order valence-electron chi connectivity index (χ4n) is 3.85. The third-order valence-corrected chi connectivity index (χ3v) is 6.63. The second-order valence-electron chi connectivity index (χ2n) is 6.34. The predicted molar refractivity (Wildman–Crippen MR) is 84.1 cm³/mol. The van der Waals surface area contributed by atoms with Gasteiger partial charge in [0.15, 0.2) is 9.84 Å². The lowest BCUT2D eigenvalue weighted by molar-refractivity contribution is 0.323. The Labute approximate surface area is 127 Å². The summed E-state index contributed by atoms with van der Waals surface area (Å²) < 4.78 is 23.7. The van der Waals surface area contributed by atoms with Gasteiger partial charge in [-0.05, 0) is 49.8 Å². The summed E-state index contributed by atoms with van der Waals surface area (Å²) in [5.74, 6) is 1.29. The first kappa shape index (κ1) is 15.0. The Balaban J connectivity index is 1.83. The van der Waals surface area contributed by atoms with E-state index in [1.807, 2.05) is 12.3 Å². The van der Waals surface area contributed by atoms with Crippen LogP contribution in [0.1, 0.15) is 43.4 Å². The zero-order valence-electron chi connectivity index (χ0n) is 12.6. The normalized spacial score (nSPS) is 28.4. The third kappa shape index (κ3) is 3.14. The molecule has 0 amide bonds. The summed E-state index contributed by atoms with van der Waals surface area (Å²) in [6.07, 6.45) is 5.88. The van der Waals surface area contributed by atoms with Crippen molar-refractivity contribution in [3.8, 4) is 0 Å². The van der Waals surface area contributed by atoms with E-state index in [-0.39, 0.29) is 12.0 Å². The van der Waals surface area contributed by atoms with Gasteiger partial charge in [0.1, 0.15) is 0 Å². The Morgan fingerprint density at radius 3 is 3.00 bits per heavy atom. The molecule has 0 saturated carbocycles. The van der Waals surface area contributed by atoms with E-state index in [1.54, 1.807) is 0 Å². The zero-order chi connectivity index (χ0) is 14.9. The van der Waals surface area contributed by atoms with E-state index in [9.17, 15) is 8.42 Å². The van der Waals surface area contributed by atoms with Crippen LogP contribution >= 0.6 is 0 Å². The molecule has 116 valence electrons. The van der Waals surface area contributed by atoms with Gasteiger partial charge >= 0.3 is 0 Å². The summed E-state index contributed by atoms with van der Waals surface area (Å²) >= 11 is 0. The molecule has 4 nitrogen and oxygen atoms in total. The minimum absolute atomic E-state index is 0.236. The Hall–Kier alpha value is -0.940. The molecule has 2 heterocycles. The smallest absolute Gasteiger partial charge is 0.150 e. The molecule has 0 aromatic carbocycles. The molecule has 1 aromatic rings. The molecule has 1 fully saturated rings. The number of hydrogen-bond acceptors (Lipinski definition) is 4. The first-order valence-corrected chi connectivity index (χ1v) is 9.80. The summed E-state index contributed by atoms with van der Waals surface area (Å²) in [4.78, 5) is 4.59. The lowest BCUT2D eigenvalue weighted by Crippen LogP contribution is -2.41. The van der Waals surface area contributed by atoms with E-state index < -0.39 is 9.84 Å². The van der Waals surface area contributed by atoms with Gasteiger partial charge in [-0.2, -0.15) is 0 Å². The Morgan fingerprint density at radius 1 is 1.43 bits per heavy atom. The van der Waals surface area contributed by atoms with Crippen LogP contribution in [0.15, 0.2) is 18.3 Å². The molecule has 21 heavy (non-hydrogen) atoms. The van der Waals surface area contributed by atoms with E-state index in [0.717, 1.165) is 32.2 Å². The van der Waals surface area contributed by atoms with Crippen molar-refractivity contribution >= 4 is 9.84 Å². The van der Waals surface area contributed by atoms with Gasteiger partial charge in [-0.3, -0.25) is 4.98 Å². The topological polar surface area (TPSA) is 59.1 Å². The molecule has 0 bridgehead atoms. The fraction of sp³-hybridized carbons (Fsp3) is 0.688. The van der Waals surface area contributed by atoms with Crippen molar-refractivity contribution in [3.05, 3.63) is 29.6 Å². The van der Waals surface area contributed by atoms with E-state index in [0.29, 0.717) is 17.4 Å². The number of sulfone groups is 1. The first-order chi connectivity index (χ1) is 10.1. The molecule has 1 aliphatic heterocycles. The highest BCUT2D eigenvalue weighted by molar-refractivity contribution is 7.91. The van der Waals surface area contributed by atoms with Gasteiger partial charge in [0.05, 0.1) is 11.5 Å². The Kier molecular flexibility index (Phi) is 4.31. The number of aromatic nitrogens is 1. The average Bonchev–Trinajstić information content (AvgIpc) is 3.04. The van der Waals surface area contributed by atoms with Crippen molar-refractivity contribution in [3.63, 3.8) is 0 Å². The van der Waals surface area contributed by atoms with Gasteiger partial charge in [0, 0.05) is 23.9 Å². The van der Waals surface area contributed by atoms with Gasteiger partial charge in [0.2, 0.25) is 0 Å². The summed E-state index contributed by atoms with van der Waals surface area (Å²) in [6, 6.07) is 4.40. The van der Waals surface area contributed by atoms with Crippen molar-refractivity contribution in [2.75, 3.05) is 18.1 Å². The highest BCUT2D eigenvalue weighted by Gasteiger charge is 2.40. The van der Waals surface area contributed by atoms with Gasteiger partial charge in [-0.15, -0.1) is 0 Å². The van der Waals surface area contributed by atoms with Crippen LogP contribution in [0.4, 0.5) is 0 Å². The average molecular weight is 308 g/mol. The minimum Gasteiger partial charge on any atom is -0.313 e. The molecule has 0 radical (unpaired) electrons. The minimum atomic E-state index is -2.83. The number of rotatable bonds is 5. The fourth-order valence-corrected chi connectivity index (χ4v) is 5.70. The molecule has 3 unspecified atom stereocenters. The standard InChI is InChI=1S/C16H24N2O2S/c1-2-8-17-16(13-7-10-21(19,20)11-13)14-6-5-12-4-3-9-18-15(12)14/h3-4,9,13-14,16-17H,2,5-8,10-11H2,1H3. The molecule has 5 heteroatoms. The highest BCUT2D eigenvalue weighted by Crippen LogP contribution is 2.38. The maximum absolute atomic E-state index is 11.8. The molecule has 1 saturated heterocycles. The Bertz CT molecular complexity index is 600. The molecule has 3 atom stereocenters. The van der Waals surface area contributed by atoms with E-state index >= 15 is 0 Å². The number of hydrogen-bond donors (Lipinski definition) is 1. The van der Waals surface area contributed by atoms with E-state index in [1.165, 1.54) is 11.3 Å². The van der Waals surface area contributed by atoms with Crippen molar-refractivity contribution in [2.45, 2.75) is 44.6 Å². The van der Waals surface area contributed by atoms with Gasteiger partial charge < -0.3 is 5.32 Å². The maximum atomic E-state index is 11.8. The summed E-state index contributed by atoms with van der Waals surface area (Å²) in [5.41, 5.74) is 2.53.